The third kappa shape index (κ3) is 4.15. The van der Waals surface area contributed by atoms with Crippen molar-refractivity contribution in [3.63, 3.8) is 0 Å². The first-order chi connectivity index (χ1) is 16.8. The lowest BCUT2D eigenvalue weighted by atomic mass is 10.0. The van der Waals surface area contributed by atoms with Crippen LogP contribution in [-0.2, 0) is 11.3 Å². The first-order valence-electron chi connectivity index (χ1n) is 11.1. The van der Waals surface area contributed by atoms with Gasteiger partial charge in [-0.3, -0.25) is 19.3 Å². The van der Waals surface area contributed by atoms with E-state index in [1.54, 1.807) is 18.2 Å². The van der Waals surface area contributed by atoms with Gasteiger partial charge in [-0.1, -0.05) is 42.5 Å². The fraction of sp³-hybridized carbons (Fsp3) is 0.107. The lowest BCUT2D eigenvalue weighted by Crippen LogP contribution is -2.27. The highest BCUT2D eigenvalue weighted by Crippen LogP contribution is 2.35. The average molecular weight is 482 g/mol. The van der Waals surface area contributed by atoms with E-state index in [1.165, 1.54) is 4.90 Å². The summed E-state index contributed by atoms with van der Waals surface area (Å²) in [5, 5.41) is 1.83. The molecule has 3 amide bonds. The number of amides is 3. The van der Waals surface area contributed by atoms with E-state index < -0.39 is 5.91 Å². The fourth-order valence-electron chi connectivity index (χ4n) is 4.48. The molecule has 7 heteroatoms. The van der Waals surface area contributed by atoms with Crippen molar-refractivity contribution in [1.82, 2.24) is 9.47 Å². The molecule has 5 rings (SSSR count). The maximum Gasteiger partial charge on any atom is 0.293 e. The van der Waals surface area contributed by atoms with Crippen molar-refractivity contribution in [3.05, 3.63) is 106 Å². The summed E-state index contributed by atoms with van der Waals surface area (Å²) in [5.74, 6) is -0.763. The van der Waals surface area contributed by atoms with Crippen LogP contribution in [0.15, 0.2) is 77.7 Å². The van der Waals surface area contributed by atoms with Crippen LogP contribution in [0.2, 0.25) is 0 Å². The predicted molar refractivity (Wildman–Crippen MR) is 139 cm³/mol. The van der Waals surface area contributed by atoms with Gasteiger partial charge >= 0.3 is 0 Å². The second-order valence-corrected chi connectivity index (χ2v) is 9.47. The number of carbonyl (C=O) groups is 3. The number of aryl methyl sites for hydroxylation is 1. The number of aromatic nitrogens is 1. The average Bonchev–Trinajstić information content (AvgIpc) is 3.28. The number of primary amides is 1. The van der Waals surface area contributed by atoms with Crippen molar-refractivity contribution >= 4 is 45.7 Å². The number of fused-ring (bicyclic) bond motifs is 1. The summed E-state index contributed by atoms with van der Waals surface area (Å²) < 4.78 is 2.04. The molecule has 2 heterocycles. The molecule has 0 saturated carbocycles. The first kappa shape index (κ1) is 22.7. The highest BCUT2D eigenvalue weighted by molar-refractivity contribution is 8.18. The van der Waals surface area contributed by atoms with E-state index in [0.717, 1.165) is 50.7 Å². The minimum absolute atomic E-state index is 0.231. The first-order valence-corrected chi connectivity index (χ1v) is 12.0. The smallest absolute Gasteiger partial charge is 0.293 e. The molecule has 0 radical (unpaired) electrons. The van der Waals surface area contributed by atoms with Gasteiger partial charge in [0.15, 0.2) is 0 Å². The standard InChI is InChI=1S/C28H23N3O3S/c1-17-14-22(18(2)31(17)23-12-10-20(11-13-23)26(29)32)15-25-27(33)30(28(34)35-25)16-21-8-5-7-19-6-3-4-9-24(19)21/h3-15H,16H2,1-2H3,(H2,29,32)/b25-15+. The van der Waals surface area contributed by atoms with E-state index in [4.69, 9.17) is 5.73 Å². The maximum absolute atomic E-state index is 13.2. The van der Waals surface area contributed by atoms with Crippen LogP contribution in [0.3, 0.4) is 0 Å². The number of thioether (sulfide) groups is 1. The fourth-order valence-corrected chi connectivity index (χ4v) is 5.31. The molecule has 1 saturated heterocycles. The molecule has 6 nitrogen and oxygen atoms in total. The summed E-state index contributed by atoms with van der Waals surface area (Å²) in [5.41, 5.74) is 10.4. The van der Waals surface area contributed by atoms with E-state index in [2.05, 4.69) is 0 Å². The zero-order valence-electron chi connectivity index (χ0n) is 19.3. The molecule has 0 atom stereocenters. The molecule has 1 aliphatic rings. The summed E-state index contributed by atoms with van der Waals surface area (Å²) in [6.07, 6.45) is 1.78. The van der Waals surface area contributed by atoms with E-state index in [1.807, 2.05) is 79.1 Å². The van der Waals surface area contributed by atoms with Gasteiger partial charge in [0, 0.05) is 22.6 Å². The van der Waals surface area contributed by atoms with E-state index in [9.17, 15) is 14.4 Å². The Hall–Kier alpha value is -4.10. The SMILES string of the molecule is Cc1cc(/C=C2/SC(=O)N(Cc3cccc4ccccc34)C2=O)c(C)n1-c1ccc(C(N)=O)cc1. The second kappa shape index (κ2) is 8.92. The third-order valence-electron chi connectivity index (χ3n) is 6.25. The Morgan fingerprint density at radius 2 is 1.69 bits per heavy atom. The number of hydrogen-bond donors (Lipinski definition) is 1. The quantitative estimate of drug-likeness (QED) is 0.377. The minimum Gasteiger partial charge on any atom is -0.366 e. The van der Waals surface area contributed by atoms with Gasteiger partial charge in [-0.15, -0.1) is 0 Å². The predicted octanol–water partition coefficient (Wildman–Crippen LogP) is 5.58. The summed E-state index contributed by atoms with van der Waals surface area (Å²) in [7, 11) is 0. The molecule has 35 heavy (non-hydrogen) atoms. The number of hydrogen-bond acceptors (Lipinski definition) is 4. The van der Waals surface area contributed by atoms with Gasteiger partial charge in [0.2, 0.25) is 5.91 Å². The lowest BCUT2D eigenvalue weighted by Gasteiger charge is -2.14. The molecule has 0 unspecified atom stereocenters. The van der Waals surface area contributed by atoms with Crippen LogP contribution in [0.1, 0.15) is 32.9 Å². The van der Waals surface area contributed by atoms with Crippen LogP contribution in [-0.4, -0.2) is 26.5 Å². The van der Waals surface area contributed by atoms with Crippen LogP contribution in [0.25, 0.3) is 22.5 Å². The number of carbonyl (C=O) groups excluding carboxylic acids is 3. The van der Waals surface area contributed by atoms with Gasteiger partial charge in [-0.2, -0.15) is 0 Å². The van der Waals surface area contributed by atoms with Gasteiger partial charge in [-0.25, -0.2) is 0 Å². The van der Waals surface area contributed by atoms with Gasteiger partial charge in [-0.05, 0) is 83.9 Å². The third-order valence-corrected chi connectivity index (χ3v) is 7.16. The number of imide groups is 1. The van der Waals surface area contributed by atoms with Gasteiger partial charge < -0.3 is 10.3 Å². The van der Waals surface area contributed by atoms with Crippen LogP contribution >= 0.6 is 11.8 Å². The van der Waals surface area contributed by atoms with Crippen molar-refractivity contribution in [2.45, 2.75) is 20.4 Å². The highest BCUT2D eigenvalue weighted by atomic mass is 32.2. The lowest BCUT2D eigenvalue weighted by molar-refractivity contribution is -0.123. The van der Waals surface area contributed by atoms with E-state index >= 15 is 0 Å². The molecule has 4 aromatic rings. The van der Waals surface area contributed by atoms with Crippen molar-refractivity contribution in [2.75, 3.05) is 0 Å². The van der Waals surface area contributed by atoms with Crippen LogP contribution < -0.4 is 5.73 Å². The highest BCUT2D eigenvalue weighted by Gasteiger charge is 2.35. The Morgan fingerprint density at radius 1 is 0.971 bits per heavy atom. The molecule has 0 bridgehead atoms. The maximum atomic E-state index is 13.2. The van der Waals surface area contributed by atoms with Gasteiger partial charge in [0.05, 0.1) is 11.4 Å². The van der Waals surface area contributed by atoms with E-state index in [-0.39, 0.29) is 17.7 Å². The molecule has 2 N–H and O–H groups in total. The number of rotatable bonds is 5. The summed E-state index contributed by atoms with van der Waals surface area (Å²) in [6.45, 7) is 4.16. The molecule has 0 aliphatic carbocycles. The number of nitrogens with zero attached hydrogens (tertiary/aromatic N) is 2. The Bertz CT molecular complexity index is 1530. The molecule has 174 valence electrons. The molecular weight excluding hydrogens is 458 g/mol. The van der Waals surface area contributed by atoms with Gasteiger partial charge in [0.25, 0.3) is 11.1 Å². The number of nitrogens with two attached hydrogens (primary N) is 1. The Labute approximate surface area is 207 Å². The van der Waals surface area contributed by atoms with Crippen LogP contribution in [0.4, 0.5) is 4.79 Å². The monoisotopic (exact) mass is 481 g/mol. The molecule has 0 spiro atoms. The molecule has 1 aliphatic heterocycles. The largest absolute Gasteiger partial charge is 0.366 e. The van der Waals surface area contributed by atoms with Crippen molar-refractivity contribution in [1.29, 1.82) is 0 Å². The summed E-state index contributed by atoms with van der Waals surface area (Å²) in [6, 6.07) is 22.9. The zero-order chi connectivity index (χ0) is 24.7. The van der Waals surface area contributed by atoms with Crippen LogP contribution in [0.5, 0.6) is 0 Å². The van der Waals surface area contributed by atoms with Crippen LogP contribution in [0, 0.1) is 13.8 Å². The number of benzene rings is 3. The normalized spacial score (nSPS) is 14.9. The van der Waals surface area contributed by atoms with E-state index in [0.29, 0.717) is 10.5 Å². The van der Waals surface area contributed by atoms with Crippen molar-refractivity contribution in [2.24, 2.45) is 5.73 Å². The van der Waals surface area contributed by atoms with Crippen molar-refractivity contribution < 1.29 is 14.4 Å². The Balaban J connectivity index is 1.44. The molecular formula is C28H23N3O3S. The summed E-state index contributed by atoms with van der Waals surface area (Å²) in [4.78, 5) is 39.1. The molecule has 3 aromatic carbocycles. The molecule has 1 aromatic heterocycles. The Morgan fingerprint density at radius 3 is 2.43 bits per heavy atom. The summed E-state index contributed by atoms with van der Waals surface area (Å²) >= 11 is 0.964. The second-order valence-electron chi connectivity index (χ2n) is 8.48. The van der Waals surface area contributed by atoms with Crippen molar-refractivity contribution in [3.8, 4) is 5.69 Å². The molecule has 1 fully saturated rings. The minimum atomic E-state index is -0.475. The van der Waals surface area contributed by atoms with Gasteiger partial charge in [0.1, 0.15) is 0 Å². The Kier molecular flexibility index (Phi) is 5.78. The topological polar surface area (TPSA) is 85.4 Å². The zero-order valence-corrected chi connectivity index (χ0v) is 20.1.